The van der Waals surface area contributed by atoms with Gasteiger partial charge in [-0.1, -0.05) is 17.7 Å². The van der Waals surface area contributed by atoms with Crippen LogP contribution in [-0.2, 0) is 0 Å². The summed E-state index contributed by atoms with van der Waals surface area (Å²) in [7, 11) is 0. The van der Waals surface area contributed by atoms with Crippen LogP contribution in [0, 0.1) is 3.57 Å². The van der Waals surface area contributed by atoms with Crippen molar-refractivity contribution in [3.05, 3.63) is 38.6 Å². The summed E-state index contributed by atoms with van der Waals surface area (Å²) in [5.74, 6) is 0.767. The van der Waals surface area contributed by atoms with E-state index in [0.717, 1.165) is 25.4 Å². The first-order chi connectivity index (χ1) is 7.25. The van der Waals surface area contributed by atoms with Gasteiger partial charge in [0, 0.05) is 11.6 Å². The molecule has 0 aliphatic heterocycles. The Morgan fingerprint density at radius 2 is 2.13 bits per heavy atom. The fourth-order valence-corrected chi connectivity index (χ4v) is 2.45. The van der Waals surface area contributed by atoms with Gasteiger partial charge in [-0.15, -0.1) is 0 Å². The van der Waals surface area contributed by atoms with Crippen LogP contribution in [0.4, 0.5) is 0 Å². The minimum Gasteiger partial charge on any atom is -0.255 e. The Labute approximate surface area is 107 Å². The van der Waals surface area contributed by atoms with Crippen LogP contribution in [0.2, 0.25) is 5.02 Å². The predicted octanol–water partition coefficient (Wildman–Crippen LogP) is 4.37. The minimum atomic E-state index is 0.767. The van der Waals surface area contributed by atoms with E-state index >= 15 is 0 Å². The molecule has 3 heteroatoms. The van der Waals surface area contributed by atoms with E-state index in [1.165, 1.54) is 18.4 Å². The van der Waals surface area contributed by atoms with E-state index in [-0.39, 0.29) is 0 Å². The number of rotatable bonds is 1. The lowest BCUT2D eigenvalue weighted by Crippen LogP contribution is -1.86. The lowest BCUT2D eigenvalue weighted by Gasteiger charge is -2.04. The van der Waals surface area contributed by atoms with Crippen molar-refractivity contribution in [3.63, 3.8) is 0 Å². The number of aromatic nitrogens is 1. The van der Waals surface area contributed by atoms with Gasteiger partial charge in [-0.05, 0) is 59.0 Å². The molecule has 0 atom stereocenters. The van der Waals surface area contributed by atoms with Crippen molar-refractivity contribution in [2.24, 2.45) is 0 Å². The molecule has 0 unspecified atom stereocenters. The van der Waals surface area contributed by atoms with Gasteiger partial charge >= 0.3 is 0 Å². The van der Waals surface area contributed by atoms with Crippen molar-refractivity contribution in [2.45, 2.75) is 18.8 Å². The summed E-state index contributed by atoms with van der Waals surface area (Å²) in [4.78, 5) is 4.37. The maximum absolute atomic E-state index is 6.28. The molecular formula is C12H9ClIN. The second-order valence-corrected chi connectivity index (χ2v) is 5.51. The molecule has 0 N–H and O–H groups in total. The third kappa shape index (κ3) is 1.74. The van der Waals surface area contributed by atoms with Gasteiger partial charge in [0.15, 0.2) is 0 Å². The second-order valence-electron chi connectivity index (χ2n) is 3.97. The van der Waals surface area contributed by atoms with Gasteiger partial charge in [-0.2, -0.15) is 0 Å². The molecular weight excluding hydrogens is 320 g/mol. The molecule has 1 heterocycles. The molecule has 0 bridgehead atoms. The number of fused-ring (bicyclic) bond motifs is 1. The Bertz CT molecular complexity index is 534. The Balaban J connectivity index is 2.27. The fraction of sp³-hybridized carbons (Fsp3) is 0.250. The molecule has 3 rings (SSSR count). The largest absolute Gasteiger partial charge is 0.255 e. The van der Waals surface area contributed by atoms with Crippen LogP contribution < -0.4 is 0 Å². The normalized spacial score (nSPS) is 15.9. The Morgan fingerprint density at radius 3 is 2.87 bits per heavy atom. The monoisotopic (exact) mass is 329 g/mol. The highest BCUT2D eigenvalue weighted by Crippen LogP contribution is 2.41. The summed E-state index contributed by atoms with van der Waals surface area (Å²) in [6.45, 7) is 0. The quantitative estimate of drug-likeness (QED) is 0.708. The minimum absolute atomic E-state index is 0.767. The molecule has 0 saturated heterocycles. The van der Waals surface area contributed by atoms with E-state index in [1.807, 2.05) is 6.20 Å². The Kier molecular flexibility index (Phi) is 2.36. The maximum Gasteiger partial charge on any atom is 0.0717 e. The summed E-state index contributed by atoms with van der Waals surface area (Å²) >= 11 is 8.50. The first-order valence-corrected chi connectivity index (χ1v) is 6.45. The lowest BCUT2D eigenvalue weighted by molar-refractivity contribution is 1.13. The zero-order valence-corrected chi connectivity index (χ0v) is 10.9. The zero-order chi connectivity index (χ0) is 10.4. The molecule has 1 saturated carbocycles. The standard InChI is InChI=1S/C12H9ClIN/c13-12-9-5-8(7-1-2-7)3-4-11(9)15-6-10(12)14/h3-7H,1-2H2. The summed E-state index contributed by atoms with van der Waals surface area (Å²) < 4.78 is 1.02. The molecule has 0 amide bonds. The van der Waals surface area contributed by atoms with Gasteiger partial charge in [-0.3, -0.25) is 4.98 Å². The van der Waals surface area contributed by atoms with Gasteiger partial charge in [-0.25, -0.2) is 0 Å². The van der Waals surface area contributed by atoms with E-state index < -0.39 is 0 Å². The van der Waals surface area contributed by atoms with E-state index in [2.05, 4.69) is 45.8 Å². The van der Waals surface area contributed by atoms with E-state index in [0.29, 0.717) is 0 Å². The molecule has 1 aliphatic carbocycles. The first kappa shape index (κ1) is 9.85. The topological polar surface area (TPSA) is 12.9 Å². The molecule has 76 valence electrons. The number of nitrogens with zero attached hydrogens (tertiary/aromatic N) is 1. The number of benzene rings is 1. The third-order valence-electron chi connectivity index (χ3n) is 2.83. The van der Waals surface area contributed by atoms with E-state index in [9.17, 15) is 0 Å². The molecule has 15 heavy (non-hydrogen) atoms. The van der Waals surface area contributed by atoms with Gasteiger partial charge in [0.2, 0.25) is 0 Å². The van der Waals surface area contributed by atoms with Crippen LogP contribution in [0.1, 0.15) is 24.3 Å². The molecule has 1 aromatic carbocycles. The van der Waals surface area contributed by atoms with Crippen LogP contribution >= 0.6 is 34.2 Å². The van der Waals surface area contributed by atoms with Crippen LogP contribution in [0.25, 0.3) is 10.9 Å². The van der Waals surface area contributed by atoms with Crippen LogP contribution in [0.5, 0.6) is 0 Å². The SMILES string of the molecule is Clc1c(I)cnc2ccc(C3CC3)cc12. The smallest absolute Gasteiger partial charge is 0.0717 e. The Hall–Kier alpha value is -0.350. The third-order valence-corrected chi connectivity index (χ3v) is 4.38. The van der Waals surface area contributed by atoms with Gasteiger partial charge in [0.25, 0.3) is 0 Å². The zero-order valence-electron chi connectivity index (χ0n) is 8.00. The van der Waals surface area contributed by atoms with Crippen LogP contribution in [0.15, 0.2) is 24.4 Å². The van der Waals surface area contributed by atoms with Crippen molar-refractivity contribution >= 4 is 45.1 Å². The Morgan fingerprint density at radius 1 is 1.33 bits per heavy atom. The highest BCUT2D eigenvalue weighted by atomic mass is 127. The van der Waals surface area contributed by atoms with Gasteiger partial charge < -0.3 is 0 Å². The average molecular weight is 330 g/mol. The maximum atomic E-state index is 6.28. The van der Waals surface area contributed by atoms with Crippen molar-refractivity contribution in [3.8, 4) is 0 Å². The predicted molar refractivity (Wildman–Crippen MR) is 71.4 cm³/mol. The number of hydrogen-bond acceptors (Lipinski definition) is 1. The molecule has 0 spiro atoms. The molecule has 1 nitrogen and oxygen atoms in total. The summed E-state index contributed by atoms with van der Waals surface area (Å²) in [5, 5.41) is 1.93. The molecule has 1 aromatic heterocycles. The van der Waals surface area contributed by atoms with Crippen molar-refractivity contribution in [2.75, 3.05) is 0 Å². The number of halogens is 2. The first-order valence-electron chi connectivity index (χ1n) is 4.99. The number of hydrogen-bond donors (Lipinski definition) is 0. The molecule has 1 aliphatic rings. The van der Waals surface area contributed by atoms with Gasteiger partial charge in [0.1, 0.15) is 0 Å². The van der Waals surface area contributed by atoms with Crippen molar-refractivity contribution in [1.29, 1.82) is 0 Å². The molecule has 1 fully saturated rings. The van der Waals surface area contributed by atoms with E-state index in [4.69, 9.17) is 11.6 Å². The van der Waals surface area contributed by atoms with E-state index in [1.54, 1.807) is 0 Å². The second kappa shape index (κ2) is 3.59. The fourth-order valence-electron chi connectivity index (χ4n) is 1.82. The lowest BCUT2D eigenvalue weighted by atomic mass is 10.1. The summed E-state index contributed by atoms with van der Waals surface area (Å²) in [5.41, 5.74) is 2.40. The highest BCUT2D eigenvalue weighted by molar-refractivity contribution is 14.1. The summed E-state index contributed by atoms with van der Waals surface area (Å²) in [6.07, 6.45) is 4.46. The van der Waals surface area contributed by atoms with Gasteiger partial charge in [0.05, 0.1) is 14.1 Å². The number of pyridine rings is 1. The van der Waals surface area contributed by atoms with Crippen molar-refractivity contribution < 1.29 is 0 Å². The highest BCUT2D eigenvalue weighted by Gasteiger charge is 2.23. The van der Waals surface area contributed by atoms with Crippen molar-refractivity contribution in [1.82, 2.24) is 4.98 Å². The van der Waals surface area contributed by atoms with Crippen LogP contribution in [0.3, 0.4) is 0 Å². The molecule has 0 radical (unpaired) electrons. The summed E-state index contributed by atoms with van der Waals surface area (Å²) in [6, 6.07) is 6.45. The molecule has 2 aromatic rings. The van der Waals surface area contributed by atoms with Crippen LogP contribution in [-0.4, -0.2) is 4.98 Å². The average Bonchev–Trinajstić information content (AvgIpc) is 3.07.